The van der Waals surface area contributed by atoms with Crippen molar-refractivity contribution in [3.05, 3.63) is 106 Å². The summed E-state index contributed by atoms with van der Waals surface area (Å²) in [6.45, 7) is 4.16. The maximum Gasteiger partial charge on any atom is 0.214 e. The van der Waals surface area contributed by atoms with Crippen molar-refractivity contribution >= 4 is 11.0 Å². The molecule has 0 spiro atoms. The number of halogens is 1. The van der Waals surface area contributed by atoms with Crippen LogP contribution in [0.1, 0.15) is 40.1 Å². The minimum absolute atomic E-state index is 0.143. The molecular weight excluding hydrogens is 531 g/mol. The average Bonchev–Trinajstić information content (AvgIpc) is 3.30. The number of nitriles is 1. The molecule has 1 unspecified atom stereocenters. The quantitative estimate of drug-likeness (QED) is 0.256. The highest BCUT2D eigenvalue weighted by molar-refractivity contribution is 5.77. The van der Waals surface area contributed by atoms with Crippen molar-refractivity contribution in [2.24, 2.45) is 0 Å². The Bertz CT molecular complexity index is 1850. The molecule has 2 aliphatic heterocycles. The first-order valence-corrected chi connectivity index (χ1v) is 14.2. The van der Waals surface area contributed by atoms with Crippen molar-refractivity contribution in [2.75, 3.05) is 13.2 Å². The fraction of sp³-hybridized carbons (Fsp3) is 0.265. The minimum atomic E-state index is -0.389. The maximum atomic E-state index is 15.8. The summed E-state index contributed by atoms with van der Waals surface area (Å²) in [5.74, 6) is 1.42. The molecule has 7 nitrogen and oxygen atoms in total. The Morgan fingerprint density at radius 1 is 1.00 bits per heavy atom. The van der Waals surface area contributed by atoms with Gasteiger partial charge in [0.15, 0.2) is 0 Å². The smallest absolute Gasteiger partial charge is 0.214 e. The molecular formula is C34H29FN4O3. The highest BCUT2D eigenvalue weighted by Crippen LogP contribution is 2.33. The normalized spacial score (nSPS) is 16.1. The lowest BCUT2D eigenvalue weighted by molar-refractivity contribution is -0.0589. The first-order valence-electron chi connectivity index (χ1n) is 14.2. The molecule has 4 heterocycles. The van der Waals surface area contributed by atoms with Crippen molar-refractivity contribution in [3.63, 3.8) is 0 Å². The van der Waals surface area contributed by atoms with Gasteiger partial charge in [0.2, 0.25) is 5.88 Å². The lowest BCUT2D eigenvalue weighted by Crippen LogP contribution is -2.31. The monoisotopic (exact) mass is 560 g/mol. The van der Waals surface area contributed by atoms with Crippen molar-refractivity contribution in [1.29, 1.82) is 5.26 Å². The van der Waals surface area contributed by atoms with Gasteiger partial charge < -0.3 is 18.8 Å². The lowest BCUT2D eigenvalue weighted by Gasteiger charge is -2.27. The maximum absolute atomic E-state index is 15.8. The SMILES string of the molecule is Cc1ccc2nc(Cc3cc(F)c4cc3OCCc3cc(C#N)ccc3COc3cccc-4n3)n(CC3CCO3)c2c1. The summed E-state index contributed by atoms with van der Waals surface area (Å²) >= 11 is 0. The number of hydrogen-bond donors (Lipinski definition) is 0. The molecule has 0 saturated carbocycles. The van der Waals surface area contributed by atoms with Gasteiger partial charge in [-0.05, 0) is 72.5 Å². The molecule has 0 amide bonds. The molecule has 4 bridgehead atoms. The summed E-state index contributed by atoms with van der Waals surface area (Å²) < 4.78 is 36.1. The average molecular weight is 561 g/mol. The zero-order valence-electron chi connectivity index (χ0n) is 23.3. The number of benzene rings is 3. The van der Waals surface area contributed by atoms with Crippen LogP contribution in [0.4, 0.5) is 4.39 Å². The molecule has 0 N–H and O–H groups in total. The van der Waals surface area contributed by atoms with Crippen LogP contribution < -0.4 is 9.47 Å². The zero-order valence-corrected chi connectivity index (χ0v) is 23.3. The molecule has 1 saturated heterocycles. The number of ether oxygens (including phenoxy) is 3. The van der Waals surface area contributed by atoms with Crippen molar-refractivity contribution in [1.82, 2.24) is 14.5 Å². The van der Waals surface area contributed by atoms with Crippen molar-refractivity contribution < 1.29 is 18.6 Å². The topological polar surface area (TPSA) is 82.2 Å². The number of fused-ring (bicyclic) bond motifs is 7. The van der Waals surface area contributed by atoms with Crippen LogP contribution in [-0.2, 0) is 30.7 Å². The van der Waals surface area contributed by atoms with E-state index in [1.165, 1.54) is 6.07 Å². The van der Waals surface area contributed by atoms with E-state index < -0.39 is 0 Å². The molecule has 8 heteroatoms. The van der Waals surface area contributed by atoms with E-state index in [2.05, 4.69) is 34.7 Å². The molecule has 42 heavy (non-hydrogen) atoms. The van der Waals surface area contributed by atoms with Crippen LogP contribution in [0.5, 0.6) is 11.6 Å². The predicted molar refractivity (Wildman–Crippen MR) is 156 cm³/mol. The molecule has 1 atom stereocenters. The van der Waals surface area contributed by atoms with Gasteiger partial charge in [-0.2, -0.15) is 5.26 Å². The number of imidazole rings is 1. The van der Waals surface area contributed by atoms with E-state index in [1.54, 1.807) is 30.3 Å². The second-order valence-electron chi connectivity index (χ2n) is 10.9. The van der Waals surface area contributed by atoms with Gasteiger partial charge in [-0.1, -0.05) is 18.2 Å². The Morgan fingerprint density at radius 3 is 2.74 bits per heavy atom. The Hall–Kier alpha value is -4.74. The van der Waals surface area contributed by atoms with E-state index in [0.717, 1.165) is 46.6 Å². The van der Waals surface area contributed by atoms with Gasteiger partial charge in [0.25, 0.3) is 0 Å². The minimum Gasteiger partial charge on any atom is -0.493 e. The van der Waals surface area contributed by atoms with Crippen LogP contribution in [0.15, 0.2) is 66.7 Å². The molecule has 210 valence electrons. The van der Waals surface area contributed by atoms with E-state index in [1.807, 2.05) is 18.2 Å². The number of pyridine rings is 1. The molecule has 2 aliphatic rings. The number of rotatable bonds is 4. The first-order chi connectivity index (χ1) is 20.5. The van der Waals surface area contributed by atoms with E-state index in [0.29, 0.717) is 60.0 Å². The summed E-state index contributed by atoms with van der Waals surface area (Å²) in [5.41, 5.74) is 7.10. The molecule has 0 radical (unpaired) electrons. The fourth-order valence-corrected chi connectivity index (χ4v) is 5.62. The van der Waals surface area contributed by atoms with Crippen LogP contribution in [-0.4, -0.2) is 33.9 Å². The molecule has 1 fully saturated rings. The Kier molecular flexibility index (Phi) is 6.80. The second-order valence-corrected chi connectivity index (χ2v) is 10.9. The van der Waals surface area contributed by atoms with Crippen LogP contribution in [0.3, 0.4) is 0 Å². The standard InChI is InChI=1S/C34H29FN4O3/c1-21-5-8-30-31(13-21)39(19-26-10-12-40-26)33(37-30)16-25-15-28(35)27-17-32(25)41-11-9-23-14-22(18-36)6-7-24(23)20-42-34-4-2-3-29(27)38-34/h2-8,13-15,17,26H,9-12,16,19-20H2,1H3. The number of aryl methyl sites for hydroxylation is 1. The predicted octanol–water partition coefficient (Wildman–Crippen LogP) is 6.31. The van der Waals surface area contributed by atoms with E-state index in [9.17, 15) is 5.26 Å². The third-order valence-electron chi connectivity index (χ3n) is 8.00. The van der Waals surface area contributed by atoms with Crippen molar-refractivity contribution in [2.45, 2.75) is 45.4 Å². The zero-order chi connectivity index (χ0) is 28.6. The first kappa shape index (κ1) is 26.2. The van der Waals surface area contributed by atoms with Gasteiger partial charge in [-0.15, -0.1) is 0 Å². The summed E-state index contributed by atoms with van der Waals surface area (Å²) in [6.07, 6.45) is 2.10. The van der Waals surface area contributed by atoms with Crippen LogP contribution >= 0.6 is 0 Å². The fourth-order valence-electron chi connectivity index (χ4n) is 5.62. The van der Waals surface area contributed by atoms with Crippen molar-refractivity contribution in [3.8, 4) is 29.0 Å². The third kappa shape index (κ3) is 5.08. The third-order valence-corrected chi connectivity index (χ3v) is 8.00. The number of nitrogens with zero attached hydrogens (tertiary/aromatic N) is 4. The number of hydrogen-bond acceptors (Lipinski definition) is 6. The number of aromatic nitrogens is 3. The summed E-state index contributed by atoms with van der Waals surface area (Å²) in [4.78, 5) is 9.55. The van der Waals surface area contributed by atoms with E-state index in [4.69, 9.17) is 19.2 Å². The Labute approximate surface area is 243 Å². The van der Waals surface area contributed by atoms with Gasteiger partial charge in [0, 0.05) is 36.6 Å². The van der Waals surface area contributed by atoms with Gasteiger partial charge in [-0.3, -0.25) is 0 Å². The second kappa shape index (κ2) is 10.9. The van der Waals surface area contributed by atoms with Crippen LogP contribution in [0.25, 0.3) is 22.3 Å². The molecule has 3 aromatic carbocycles. The Morgan fingerprint density at radius 2 is 1.90 bits per heavy atom. The van der Waals surface area contributed by atoms with Gasteiger partial charge in [0.1, 0.15) is 24.0 Å². The largest absolute Gasteiger partial charge is 0.493 e. The van der Waals surface area contributed by atoms with Crippen LogP contribution in [0, 0.1) is 24.1 Å². The molecule has 5 aromatic rings. The Balaban J connectivity index is 1.30. The summed E-state index contributed by atoms with van der Waals surface area (Å²) in [6, 6.07) is 22.6. The molecule has 0 aliphatic carbocycles. The summed E-state index contributed by atoms with van der Waals surface area (Å²) in [5, 5.41) is 9.46. The highest BCUT2D eigenvalue weighted by Gasteiger charge is 2.23. The van der Waals surface area contributed by atoms with E-state index in [-0.39, 0.29) is 18.5 Å². The molecule has 2 aromatic heterocycles. The highest BCUT2D eigenvalue weighted by atomic mass is 19.1. The van der Waals surface area contributed by atoms with Gasteiger partial charge >= 0.3 is 0 Å². The van der Waals surface area contributed by atoms with Gasteiger partial charge in [0.05, 0.1) is 47.6 Å². The summed E-state index contributed by atoms with van der Waals surface area (Å²) in [7, 11) is 0. The molecule has 7 rings (SSSR count). The van der Waals surface area contributed by atoms with Gasteiger partial charge in [-0.25, -0.2) is 14.4 Å². The van der Waals surface area contributed by atoms with Crippen LogP contribution in [0.2, 0.25) is 0 Å². The lowest BCUT2D eigenvalue weighted by atomic mass is 10.0. The van der Waals surface area contributed by atoms with E-state index >= 15 is 4.39 Å².